The quantitative estimate of drug-likeness (QED) is 0.0249. The van der Waals surface area contributed by atoms with E-state index >= 15 is 0 Å². The molecule has 17 N–H and O–H groups in total. The molecule has 0 heterocycles. The number of aliphatic hydroxyl groups is 2. The summed E-state index contributed by atoms with van der Waals surface area (Å²) in [5.41, 5.74) is 16.6. The van der Waals surface area contributed by atoms with E-state index in [2.05, 4.69) is 36.9 Å². The third-order valence-corrected chi connectivity index (χ3v) is 7.97. The molecule has 0 bridgehead atoms. The molecule has 57 heavy (non-hydrogen) atoms. The Labute approximate surface area is 327 Å². The number of nitrogens with two attached hydrogens (primary N) is 3. The summed E-state index contributed by atoms with van der Waals surface area (Å²) in [5, 5.41) is 62.2. The number of amides is 6. The zero-order valence-corrected chi connectivity index (χ0v) is 31.8. The van der Waals surface area contributed by atoms with E-state index in [1.54, 1.807) is 13.8 Å². The van der Waals surface area contributed by atoms with E-state index in [-0.39, 0.29) is 43.4 Å². The van der Waals surface area contributed by atoms with Crippen LogP contribution in [0.15, 0.2) is 29.3 Å². The molecule has 7 atom stereocenters. The van der Waals surface area contributed by atoms with E-state index in [0.29, 0.717) is 12.0 Å². The van der Waals surface area contributed by atoms with Gasteiger partial charge in [-0.05, 0) is 49.8 Å². The van der Waals surface area contributed by atoms with E-state index in [1.807, 2.05) is 0 Å². The lowest BCUT2D eigenvalue weighted by atomic mass is 10.0. The normalized spacial score (nSPS) is 14.6. The minimum Gasteiger partial charge on any atom is -0.508 e. The van der Waals surface area contributed by atoms with Crippen LogP contribution in [0.2, 0.25) is 0 Å². The number of carbonyl (C=O) groups excluding carboxylic acids is 6. The molecule has 0 radical (unpaired) electrons. The maximum atomic E-state index is 13.6. The molecule has 0 aliphatic rings. The van der Waals surface area contributed by atoms with Crippen LogP contribution in [0.4, 0.5) is 0 Å². The number of aliphatic hydroxyl groups excluding tert-OH is 2. The van der Waals surface area contributed by atoms with Gasteiger partial charge < -0.3 is 74.6 Å². The van der Waals surface area contributed by atoms with E-state index < -0.39 is 109 Å². The predicted octanol–water partition coefficient (Wildman–Crippen LogP) is -5.17. The van der Waals surface area contributed by atoms with Crippen LogP contribution in [-0.2, 0) is 44.8 Å². The van der Waals surface area contributed by atoms with Crippen LogP contribution in [0.1, 0.15) is 52.0 Å². The van der Waals surface area contributed by atoms with Gasteiger partial charge in [0.2, 0.25) is 35.4 Å². The molecule has 0 spiro atoms. The minimum absolute atomic E-state index is 0.0247. The largest absolute Gasteiger partial charge is 0.508 e. The highest BCUT2D eigenvalue weighted by atomic mass is 16.4. The molecule has 0 aromatic heterocycles. The second kappa shape index (κ2) is 24.4. The number of nitrogens with one attached hydrogen (secondary N) is 6. The number of carboxylic acid groups (broad SMARTS) is 2. The minimum atomic E-state index is -1.81. The van der Waals surface area contributed by atoms with Gasteiger partial charge in [0.05, 0.1) is 31.7 Å². The number of phenolic OH excluding ortho intramolecular Hbond substituents is 1. The van der Waals surface area contributed by atoms with Crippen molar-refractivity contribution in [3.63, 3.8) is 0 Å². The van der Waals surface area contributed by atoms with Gasteiger partial charge in [-0.1, -0.05) is 26.0 Å². The summed E-state index contributed by atoms with van der Waals surface area (Å²) in [7, 11) is 0. The van der Waals surface area contributed by atoms with Crippen LogP contribution >= 0.6 is 0 Å². The van der Waals surface area contributed by atoms with Gasteiger partial charge in [-0.2, -0.15) is 0 Å². The molecule has 0 aliphatic heterocycles. The van der Waals surface area contributed by atoms with Crippen molar-refractivity contribution in [3.8, 4) is 5.75 Å². The number of phenols is 1. The van der Waals surface area contributed by atoms with Crippen LogP contribution < -0.4 is 49.1 Å². The van der Waals surface area contributed by atoms with E-state index in [0.717, 1.165) is 6.92 Å². The van der Waals surface area contributed by atoms with Gasteiger partial charge in [-0.25, -0.2) is 4.79 Å². The first-order chi connectivity index (χ1) is 26.6. The molecule has 1 aromatic carbocycles. The molecule has 0 aliphatic carbocycles. The maximum Gasteiger partial charge on any atom is 0.326 e. The Morgan fingerprint density at radius 3 is 1.84 bits per heavy atom. The molecule has 0 saturated carbocycles. The monoisotopic (exact) mass is 810 g/mol. The Hall–Kier alpha value is -6.07. The van der Waals surface area contributed by atoms with Crippen molar-refractivity contribution >= 4 is 53.3 Å². The summed E-state index contributed by atoms with van der Waals surface area (Å²) in [6, 6.07) is -4.08. The number of aliphatic carboxylic acids is 2. The first-order valence-electron chi connectivity index (χ1n) is 17.8. The van der Waals surface area contributed by atoms with Gasteiger partial charge in [0.15, 0.2) is 5.96 Å². The summed E-state index contributed by atoms with van der Waals surface area (Å²) in [4.78, 5) is 105. The van der Waals surface area contributed by atoms with Crippen LogP contribution in [0.3, 0.4) is 0 Å². The second-order valence-corrected chi connectivity index (χ2v) is 13.4. The lowest BCUT2D eigenvalue weighted by molar-refractivity contribution is -0.143. The maximum absolute atomic E-state index is 13.6. The summed E-state index contributed by atoms with van der Waals surface area (Å²) < 4.78 is 0. The van der Waals surface area contributed by atoms with Crippen LogP contribution in [0.5, 0.6) is 5.75 Å². The lowest BCUT2D eigenvalue weighted by Gasteiger charge is -2.27. The second-order valence-electron chi connectivity index (χ2n) is 13.4. The fourth-order valence-electron chi connectivity index (χ4n) is 5.01. The summed E-state index contributed by atoms with van der Waals surface area (Å²) in [6.45, 7) is 2.98. The molecular formula is C34H54N10O13. The molecule has 1 rings (SSSR count). The fourth-order valence-corrected chi connectivity index (χ4v) is 5.01. The number of hydrogen-bond acceptors (Lipinski definition) is 13. The number of carboxylic acids is 2. The average Bonchev–Trinajstić information content (AvgIpc) is 3.12. The van der Waals surface area contributed by atoms with Gasteiger partial charge >= 0.3 is 11.9 Å². The van der Waals surface area contributed by atoms with Crippen molar-refractivity contribution < 1.29 is 63.9 Å². The van der Waals surface area contributed by atoms with Crippen molar-refractivity contribution in [3.05, 3.63) is 29.8 Å². The number of carbonyl (C=O) groups is 8. The smallest absolute Gasteiger partial charge is 0.326 e. The van der Waals surface area contributed by atoms with Gasteiger partial charge in [0.25, 0.3) is 0 Å². The summed E-state index contributed by atoms with van der Waals surface area (Å²) in [6.07, 6.45) is -2.37. The number of hydrogen-bond donors (Lipinski definition) is 14. The zero-order chi connectivity index (χ0) is 43.4. The Balaban J connectivity index is 3.18. The predicted molar refractivity (Wildman–Crippen MR) is 200 cm³/mol. The van der Waals surface area contributed by atoms with Crippen LogP contribution in [0.25, 0.3) is 0 Å². The van der Waals surface area contributed by atoms with E-state index in [4.69, 9.17) is 17.2 Å². The fraction of sp³-hybridized carbons (Fsp3) is 0.559. The van der Waals surface area contributed by atoms with E-state index in [9.17, 15) is 63.9 Å². The van der Waals surface area contributed by atoms with Crippen LogP contribution in [-0.4, -0.2) is 141 Å². The molecular weight excluding hydrogens is 756 g/mol. The third-order valence-electron chi connectivity index (χ3n) is 7.97. The standard InChI is InChI=1S/C34H54N10O13/c1-16(2)11-23(33(56)57)42-32(55)27(17(3)46)44-31(54)24(15-45)43-29(52)21(12-18-6-8-19(47)9-7-18)41-30(53)22(13-26(49)50)40-25(48)14-39-28(51)20(35)5-4-10-38-34(36)37/h6-9,16-17,20-24,27,45-47H,4-5,10-15,35H2,1-3H3,(H,39,51)(H,40,48)(H,41,53)(H,42,55)(H,43,52)(H,44,54)(H,49,50)(H,56,57)(H4,36,37,38)/t17-,20+,21+,22+,23+,24+,27+/m1/s1. The molecule has 23 heteroatoms. The average molecular weight is 811 g/mol. The Bertz CT molecular complexity index is 1590. The number of benzene rings is 1. The Morgan fingerprint density at radius 2 is 1.32 bits per heavy atom. The topological polar surface area (TPSA) is 400 Å². The highest BCUT2D eigenvalue weighted by Gasteiger charge is 2.34. The number of aromatic hydroxyl groups is 1. The number of guanidine groups is 1. The SMILES string of the molecule is CC(C)C[C@H](NC(=O)[C@@H](NC(=O)[C@H](CO)NC(=O)[C@H](Cc1ccc(O)cc1)NC(=O)[C@H](CC(=O)O)NC(=O)CNC(=O)[C@@H](N)CCCN=C(N)N)[C@@H](C)O)C(=O)O. The summed E-state index contributed by atoms with van der Waals surface area (Å²) in [5.74, 6) is -9.62. The van der Waals surface area contributed by atoms with Crippen LogP contribution in [0, 0.1) is 5.92 Å². The number of rotatable bonds is 25. The first-order valence-corrected chi connectivity index (χ1v) is 17.8. The third kappa shape index (κ3) is 18.9. The van der Waals surface area contributed by atoms with Gasteiger partial charge in [0.1, 0.15) is 36.0 Å². The Kier molecular flexibility index (Phi) is 21.0. The van der Waals surface area contributed by atoms with Gasteiger partial charge in [0, 0.05) is 13.0 Å². The molecule has 0 saturated heterocycles. The molecule has 318 valence electrons. The van der Waals surface area contributed by atoms with Gasteiger partial charge in [-0.3, -0.25) is 38.6 Å². The molecule has 1 aromatic rings. The van der Waals surface area contributed by atoms with Crippen molar-refractivity contribution in [2.24, 2.45) is 28.1 Å². The molecule has 0 unspecified atom stereocenters. The van der Waals surface area contributed by atoms with Gasteiger partial charge in [-0.15, -0.1) is 0 Å². The lowest BCUT2D eigenvalue weighted by Crippen LogP contribution is -2.61. The Morgan fingerprint density at radius 1 is 0.754 bits per heavy atom. The molecule has 0 fully saturated rings. The highest BCUT2D eigenvalue weighted by molar-refractivity contribution is 5.97. The molecule has 23 nitrogen and oxygen atoms in total. The van der Waals surface area contributed by atoms with Crippen molar-refractivity contribution in [2.45, 2.75) is 95.2 Å². The zero-order valence-electron chi connectivity index (χ0n) is 31.8. The van der Waals surface area contributed by atoms with E-state index in [1.165, 1.54) is 24.3 Å². The summed E-state index contributed by atoms with van der Waals surface area (Å²) >= 11 is 0. The first kappa shape index (κ1) is 48.9. The van der Waals surface area contributed by atoms with Crippen molar-refractivity contribution in [1.82, 2.24) is 31.9 Å². The van der Waals surface area contributed by atoms with Crippen molar-refractivity contribution in [1.29, 1.82) is 0 Å². The van der Waals surface area contributed by atoms with Crippen molar-refractivity contribution in [2.75, 3.05) is 19.7 Å². The highest BCUT2D eigenvalue weighted by Crippen LogP contribution is 2.12. The molecule has 6 amide bonds. The number of aliphatic imine (C=N–C) groups is 1. The number of nitrogens with zero attached hydrogens (tertiary/aromatic N) is 1.